The first-order valence-electron chi connectivity index (χ1n) is 11.8. The van der Waals surface area contributed by atoms with E-state index in [1.165, 1.54) is 12.1 Å². The summed E-state index contributed by atoms with van der Waals surface area (Å²) in [5, 5.41) is 0.884. The second-order valence-corrected chi connectivity index (χ2v) is 20.5. The van der Waals surface area contributed by atoms with Gasteiger partial charge in [-0.1, -0.05) is 64.7 Å². The van der Waals surface area contributed by atoms with Gasteiger partial charge in [0.25, 0.3) is 16.6 Å². The standard InChI is InChI=1S/C24H36Cl2O4SSi2/c1-7-32(8-2,9-3)29-21-17-19(25)13-15-23(21)31(27,28)24-16-14-20(26)18-22(24)30-33(10-4,11-5)12-6/h13-18H,7-12H2,1-6H3. The van der Waals surface area contributed by atoms with Crippen LogP contribution in [0.5, 0.6) is 11.5 Å². The van der Waals surface area contributed by atoms with Crippen LogP contribution in [-0.2, 0) is 9.84 Å². The van der Waals surface area contributed by atoms with Crippen LogP contribution in [0.3, 0.4) is 0 Å². The van der Waals surface area contributed by atoms with E-state index in [2.05, 4.69) is 41.5 Å². The average molecular weight is 548 g/mol. The molecule has 33 heavy (non-hydrogen) atoms. The Hall–Kier alpha value is -0.996. The third-order valence-corrected chi connectivity index (χ3v) is 18.3. The first-order chi connectivity index (χ1) is 15.6. The third kappa shape index (κ3) is 6.17. The van der Waals surface area contributed by atoms with Crippen LogP contribution in [0.4, 0.5) is 0 Å². The lowest BCUT2D eigenvalue weighted by Crippen LogP contribution is -2.40. The van der Waals surface area contributed by atoms with E-state index in [9.17, 15) is 8.42 Å². The van der Waals surface area contributed by atoms with Crippen LogP contribution in [0, 0.1) is 0 Å². The highest BCUT2D eigenvalue weighted by Crippen LogP contribution is 2.40. The SMILES string of the molecule is CC[Si](CC)(CC)Oc1cc(Cl)ccc1S(=O)(=O)c1ccc(Cl)cc1O[Si](CC)(CC)CC. The van der Waals surface area contributed by atoms with Gasteiger partial charge in [-0.25, -0.2) is 8.42 Å². The fourth-order valence-electron chi connectivity index (χ4n) is 4.09. The highest BCUT2D eigenvalue weighted by molar-refractivity contribution is 7.91. The molecule has 0 saturated carbocycles. The lowest BCUT2D eigenvalue weighted by molar-refractivity contribution is 0.506. The summed E-state index contributed by atoms with van der Waals surface area (Å²) in [6.07, 6.45) is 0. The van der Waals surface area contributed by atoms with Crippen LogP contribution >= 0.6 is 23.2 Å². The fourth-order valence-corrected chi connectivity index (χ4v) is 11.2. The van der Waals surface area contributed by atoms with Crippen LogP contribution in [0.1, 0.15) is 41.5 Å². The Bertz CT molecular complexity index is 958. The van der Waals surface area contributed by atoms with E-state index in [0.29, 0.717) is 21.5 Å². The molecule has 0 amide bonds. The van der Waals surface area contributed by atoms with Gasteiger partial charge in [0, 0.05) is 10.0 Å². The number of rotatable bonds is 12. The maximum absolute atomic E-state index is 14.0. The molecule has 0 bridgehead atoms. The van der Waals surface area contributed by atoms with Crippen molar-refractivity contribution in [3.63, 3.8) is 0 Å². The van der Waals surface area contributed by atoms with E-state index in [-0.39, 0.29) is 9.79 Å². The van der Waals surface area contributed by atoms with Crippen molar-refractivity contribution >= 4 is 49.7 Å². The quantitative estimate of drug-likeness (QED) is 0.250. The van der Waals surface area contributed by atoms with Gasteiger partial charge in [0.2, 0.25) is 9.84 Å². The Kier molecular flexibility index (Phi) is 9.95. The minimum atomic E-state index is -3.95. The van der Waals surface area contributed by atoms with E-state index in [4.69, 9.17) is 32.1 Å². The van der Waals surface area contributed by atoms with Crippen LogP contribution in [-0.4, -0.2) is 25.1 Å². The third-order valence-electron chi connectivity index (χ3n) is 6.91. The maximum atomic E-state index is 14.0. The van der Waals surface area contributed by atoms with Crippen LogP contribution < -0.4 is 8.85 Å². The zero-order chi connectivity index (χ0) is 24.9. The second kappa shape index (κ2) is 11.6. The molecule has 0 fully saturated rings. The Morgan fingerprint density at radius 2 is 0.939 bits per heavy atom. The smallest absolute Gasteiger partial charge is 0.250 e. The highest BCUT2D eigenvalue weighted by atomic mass is 35.5. The van der Waals surface area contributed by atoms with Gasteiger partial charge in [-0.2, -0.15) is 0 Å². The van der Waals surface area contributed by atoms with E-state index in [0.717, 1.165) is 36.3 Å². The summed E-state index contributed by atoms with van der Waals surface area (Å²) in [6.45, 7) is 12.6. The zero-order valence-electron chi connectivity index (χ0n) is 20.5. The largest absolute Gasteiger partial charge is 0.543 e. The number of sulfone groups is 1. The molecule has 0 atom stereocenters. The summed E-state index contributed by atoms with van der Waals surface area (Å²) in [7, 11) is -8.23. The summed E-state index contributed by atoms with van der Waals surface area (Å²) < 4.78 is 41.0. The van der Waals surface area contributed by atoms with E-state index >= 15 is 0 Å². The Labute approximate surface area is 211 Å². The minimum absolute atomic E-state index is 0.114. The predicted octanol–water partition coefficient (Wildman–Crippen LogP) is 8.59. The van der Waals surface area contributed by atoms with Crippen molar-refractivity contribution in [3.8, 4) is 11.5 Å². The molecule has 184 valence electrons. The molecule has 0 radical (unpaired) electrons. The Balaban J connectivity index is 2.69. The molecule has 0 N–H and O–H groups in total. The summed E-state index contributed by atoms with van der Waals surface area (Å²) in [5.41, 5.74) is 0. The molecular formula is C24H36Cl2O4SSi2. The van der Waals surface area contributed by atoms with Crippen LogP contribution in [0.2, 0.25) is 46.3 Å². The van der Waals surface area contributed by atoms with Gasteiger partial charge >= 0.3 is 0 Å². The summed E-state index contributed by atoms with van der Waals surface area (Å²) in [4.78, 5) is 0.228. The van der Waals surface area contributed by atoms with Crippen molar-refractivity contribution in [1.82, 2.24) is 0 Å². The summed E-state index contributed by atoms with van der Waals surface area (Å²) in [5.74, 6) is 0.649. The first kappa shape index (κ1) is 28.2. The lowest BCUT2D eigenvalue weighted by Gasteiger charge is -2.31. The van der Waals surface area contributed by atoms with Crippen molar-refractivity contribution in [2.24, 2.45) is 0 Å². The minimum Gasteiger partial charge on any atom is -0.543 e. The summed E-state index contributed by atoms with van der Waals surface area (Å²) in [6, 6.07) is 14.8. The Morgan fingerprint density at radius 3 is 1.21 bits per heavy atom. The zero-order valence-corrected chi connectivity index (χ0v) is 24.8. The molecule has 2 aromatic rings. The average Bonchev–Trinajstić information content (AvgIpc) is 2.81. The molecule has 0 unspecified atom stereocenters. The molecule has 9 heteroatoms. The van der Waals surface area contributed by atoms with E-state index in [1.807, 2.05) is 0 Å². The number of benzene rings is 2. The molecule has 0 aliphatic rings. The summed E-state index contributed by atoms with van der Waals surface area (Å²) >= 11 is 12.5. The molecule has 4 nitrogen and oxygen atoms in total. The molecule has 0 heterocycles. The lowest BCUT2D eigenvalue weighted by atomic mass is 10.3. The van der Waals surface area contributed by atoms with Crippen molar-refractivity contribution in [2.75, 3.05) is 0 Å². The van der Waals surface area contributed by atoms with Crippen LogP contribution in [0.25, 0.3) is 0 Å². The highest BCUT2D eigenvalue weighted by Gasteiger charge is 2.36. The molecule has 0 aliphatic carbocycles. The maximum Gasteiger partial charge on any atom is 0.250 e. The molecule has 2 rings (SSSR count). The predicted molar refractivity (Wildman–Crippen MR) is 144 cm³/mol. The van der Waals surface area contributed by atoms with Gasteiger partial charge in [0.05, 0.1) is 0 Å². The van der Waals surface area contributed by atoms with Crippen molar-refractivity contribution in [1.29, 1.82) is 0 Å². The van der Waals surface area contributed by atoms with Crippen molar-refractivity contribution < 1.29 is 17.3 Å². The van der Waals surface area contributed by atoms with E-state index in [1.54, 1.807) is 24.3 Å². The fraction of sp³-hybridized carbons (Fsp3) is 0.500. The first-order valence-corrected chi connectivity index (χ1v) is 19.1. The van der Waals surface area contributed by atoms with Gasteiger partial charge in [-0.15, -0.1) is 0 Å². The number of halogens is 2. The normalized spacial score (nSPS) is 12.6. The molecule has 0 saturated heterocycles. The molecular weight excluding hydrogens is 511 g/mol. The van der Waals surface area contributed by atoms with Crippen molar-refractivity contribution in [2.45, 2.75) is 87.6 Å². The van der Waals surface area contributed by atoms with Crippen LogP contribution in [0.15, 0.2) is 46.2 Å². The van der Waals surface area contributed by atoms with Gasteiger partial charge in [0.1, 0.15) is 21.3 Å². The van der Waals surface area contributed by atoms with E-state index < -0.39 is 26.5 Å². The Morgan fingerprint density at radius 1 is 0.636 bits per heavy atom. The molecule has 2 aromatic carbocycles. The topological polar surface area (TPSA) is 52.6 Å². The number of hydrogen-bond donors (Lipinski definition) is 0. The molecule has 0 spiro atoms. The van der Waals surface area contributed by atoms with Crippen molar-refractivity contribution in [3.05, 3.63) is 46.4 Å². The van der Waals surface area contributed by atoms with Gasteiger partial charge in [0.15, 0.2) is 0 Å². The van der Waals surface area contributed by atoms with Gasteiger partial charge in [-0.3, -0.25) is 0 Å². The molecule has 0 aromatic heterocycles. The second-order valence-electron chi connectivity index (χ2n) is 8.38. The number of hydrogen-bond acceptors (Lipinski definition) is 4. The molecule has 0 aliphatic heterocycles. The van der Waals surface area contributed by atoms with Gasteiger partial charge < -0.3 is 8.85 Å². The monoisotopic (exact) mass is 546 g/mol. The van der Waals surface area contributed by atoms with Gasteiger partial charge in [-0.05, 0) is 72.7 Å².